The lowest BCUT2D eigenvalue weighted by molar-refractivity contribution is -0.182. The second-order valence-electron chi connectivity index (χ2n) is 5.92. The summed E-state index contributed by atoms with van der Waals surface area (Å²) >= 11 is 0. The van der Waals surface area contributed by atoms with Crippen LogP contribution >= 0.6 is 0 Å². The SMILES string of the molecule is CC(C)OC(=O)CC(O)(CC(=O)OC(C)C)C(=O)OC(C)C.N. The molecule has 0 rings (SSSR count). The first-order chi connectivity index (χ1) is 9.96. The third-order valence-electron chi connectivity index (χ3n) is 2.33. The molecule has 0 saturated heterocycles. The molecule has 0 amide bonds. The maximum absolute atomic E-state index is 12.0. The van der Waals surface area contributed by atoms with Crippen LogP contribution in [0.5, 0.6) is 0 Å². The van der Waals surface area contributed by atoms with Crippen LogP contribution in [0.3, 0.4) is 0 Å². The molecule has 8 heteroatoms. The van der Waals surface area contributed by atoms with Crippen molar-refractivity contribution in [2.24, 2.45) is 0 Å². The highest BCUT2D eigenvalue weighted by Crippen LogP contribution is 2.21. The number of hydrogen-bond acceptors (Lipinski definition) is 8. The lowest BCUT2D eigenvalue weighted by atomic mass is 9.95. The first kappa shape index (κ1) is 23.6. The Morgan fingerprint density at radius 2 is 1.09 bits per heavy atom. The third kappa shape index (κ3) is 9.85. The zero-order chi connectivity index (χ0) is 17.5. The summed E-state index contributed by atoms with van der Waals surface area (Å²) in [6.45, 7) is 9.73. The molecule has 0 atom stereocenters. The zero-order valence-electron chi connectivity index (χ0n) is 14.8. The Kier molecular flexibility index (Phi) is 10.4. The Morgan fingerprint density at radius 3 is 1.35 bits per heavy atom. The van der Waals surface area contributed by atoms with Crippen LogP contribution in [0, 0.1) is 0 Å². The molecule has 0 aliphatic carbocycles. The van der Waals surface area contributed by atoms with Gasteiger partial charge in [0.05, 0.1) is 31.2 Å². The maximum atomic E-state index is 12.0. The van der Waals surface area contributed by atoms with Crippen molar-refractivity contribution in [2.45, 2.75) is 78.3 Å². The molecule has 136 valence electrons. The van der Waals surface area contributed by atoms with Crippen molar-refractivity contribution in [1.82, 2.24) is 6.15 Å². The summed E-state index contributed by atoms with van der Waals surface area (Å²) in [5.41, 5.74) is -2.30. The van der Waals surface area contributed by atoms with Gasteiger partial charge in [0.2, 0.25) is 0 Å². The van der Waals surface area contributed by atoms with Gasteiger partial charge >= 0.3 is 17.9 Å². The fourth-order valence-corrected chi connectivity index (χ4v) is 1.62. The minimum absolute atomic E-state index is 0. The van der Waals surface area contributed by atoms with Gasteiger partial charge in [-0.2, -0.15) is 0 Å². The van der Waals surface area contributed by atoms with E-state index < -0.39 is 54.7 Å². The highest BCUT2D eigenvalue weighted by Gasteiger charge is 2.44. The van der Waals surface area contributed by atoms with Crippen LogP contribution in [0.1, 0.15) is 54.4 Å². The number of hydrogen-bond donors (Lipinski definition) is 2. The van der Waals surface area contributed by atoms with Gasteiger partial charge in [0.25, 0.3) is 0 Å². The van der Waals surface area contributed by atoms with Crippen molar-refractivity contribution >= 4 is 17.9 Å². The average Bonchev–Trinajstić information content (AvgIpc) is 2.24. The molecule has 0 aliphatic heterocycles. The van der Waals surface area contributed by atoms with E-state index in [-0.39, 0.29) is 6.15 Å². The van der Waals surface area contributed by atoms with Crippen LogP contribution < -0.4 is 6.15 Å². The predicted octanol–water partition coefficient (Wildman–Crippen LogP) is 1.51. The van der Waals surface area contributed by atoms with Crippen LogP contribution in [0.4, 0.5) is 0 Å². The van der Waals surface area contributed by atoms with Crippen LogP contribution in [-0.4, -0.2) is 46.9 Å². The van der Waals surface area contributed by atoms with E-state index in [9.17, 15) is 19.5 Å². The number of aliphatic hydroxyl groups is 1. The molecular formula is C15H29NO7. The third-order valence-corrected chi connectivity index (χ3v) is 2.33. The Labute approximate surface area is 137 Å². The molecule has 23 heavy (non-hydrogen) atoms. The molecule has 0 bridgehead atoms. The van der Waals surface area contributed by atoms with Crippen molar-refractivity contribution in [2.75, 3.05) is 0 Å². The van der Waals surface area contributed by atoms with E-state index in [1.165, 1.54) is 0 Å². The molecule has 0 unspecified atom stereocenters. The molecule has 4 N–H and O–H groups in total. The summed E-state index contributed by atoms with van der Waals surface area (Å²) < 4.78 is 14.7. The van der Waals surface area contributed by atoms with E-state index in [0.29, 0.717) is 0 Å². The smallest absolute Gasteiger partial charge is 0.339 e. The number of carbonyl (C=O) groups excluding carboxylic acids is 3. The molecule has 0 aromatic carbocycles. The van der Waals surface area contributed by atoms with Gasteiger partial charge in [-0.05, 0) is 41.5 Å². The van der Waals surface area contributed by atoms with Gasteiger partial charge in [-0.3, -0.25) is 9.59 Å². The standard InChI is InChI=1S/C15H26O7.H3N/c1-9(2)20-12(16)7-15(19,14(18)22-11(5)6)8-13(17)21-10(3)4;/h9-11,19H,7-8H2,1-6H3;1H3. The number of carbonyl (C=O) groups is 3. The summed E-state index contributed by atoms with van der Waals surface area (Å²) in [5, 5.41) is 10.4. The minimum atomic E-state index is -2.30. The van der Waals surface area contributed by atoms with Crippen LogP contribution in [-0.2, 0) is 28.6 Å². The second kappa shape index (κ2) is 10.2. The summed E-state index contributed by atoms with van der Waals surface area (Å²) in [4.78, 5) is 35.5. The van der Waals surface area contributed by atoms with Crippen molar-refractivity contribution < 1.29 is 33.7 Å². The molecule has 0 aliphatic rings. The van der Waals surface area contributed by atoms with Crippen LogP contribution in [0.2, 0.25) is 0 Å². The van der Waals surface area contributed by atoms with Gasteiger partial charge in [0.1, 0.15) is 0 Å². The van der Waals surface area contributed by atoms with Gasteiger partial charge in [-0.25, -0.2) is 4.79 Å². The van der Waals surface area contributed by atoms with E-state index in [4.69, 9.17) is 14.2 Å². The van der Waals surface area contributed by atoms with Gasteiger partial charge in [-0.15, -0.1) is 0 Å². The molecule has 0 aromatic rings. The Bertz CT molecular complexity index is 381. The quantitative estimate of drug-likeness (QED) is 0.503. The monoisotopic (exact) mass is 335 g/mol. The van der Waals surface area contributed by atoms with Crippen LogP contribution in [0.25, 0.3) is 0 Å². The van der Waals surface area contributed by atoms with E-state index in [1.807, 2.05) is 0 Å². The zero-order valence-corrected chi connectivity index (χ0v) is 14.8. The molecule has 0 heterocycles. The molecule has 8 nitrogen and oxygen atoms in total. The molecule has 0 saturated carbocycles. The molecule has 0 spiro atoms. The van der Waals surface area contributed by atoms with Crippen molar-refractivity contribution in [3.8, 4) is 0 Å². The molecule has 0 radical (unpaired) electrons. The normalized spacial score (nSPS) is 11.2. The highest BCUT2D eigenvalue weighted by molar-refractivity contribution is 5.90. The highest BCUT2D eigenvalue weighted by atomic mass is 16.6. The predicted molar refractivity (Wildman–Crippen MR) is 82.9 cm³/mol. The van der Waals surface area contributed by atoms with Gasteiger partial charge < -0.3 is 25.5 Å². The lowest BCUT2D eigenvalue weighted by Gasteiger charge is -2.26. The van der Waals surface area contributed by atoms with Crippen molar-refractivity contribution in [3.05, 3.63) is 0 Å². The van der Waals surface area contributed by atoms with Gasteiger partial charge in [-0.1, -0.05) is 0 Å². The summed E-state index contributed by atoms with van der Waals surface area (Å²) in [5.74, 6) is -2.64. The minimum Gasteiger partial charge on any atom is -0.463 e. The summed E-state index contributed by atoms with van der Waals surface area (Å²) in [6, 6.07) is 0. The Hall–Kier alpha value is -1.67. The van der Waals surface area contributed by atoms with Gasteiger partial charge in [0.15, 0.2) is 5.60 Å². The average molecular weight is 335 g/mol. The maximum Gasteiger partial charge on any atom is 0.339 e. The molecule has 0 aromatic heterocycles. The van der Waals surface area contributed by atoms with E-state index in [0.717, 1.165) is 0 Å². The lowest BCUT2D eigenvalue weighted by Crippen LogP contribution is -2.46. The van der Waals surface area contributed by atoms with Gasteiger partial charge in [0, 0.05) is 0 Å². The number of ether oxygens (including phenoxy) is 3. The largest absolute Gasteiger partial charge is 0.463 e. The summed E-state index contributed by atoms with van der Waals surface area (Å²) in [6.07, 6.45) is -2.66. The van der Waals surface area contributed by atoms with E-state index in [1.54, 1.807) is 41.5 Å². The molecular weight excluding hydrogens is 306 g/mol. The Morgan fingerprint density at radius 1 is 0.783 bits per heavy atom. The first-order valence-corrected chi connectivity index (χ1v) is 7.28. The number of esters is 3. The molecule has 0 fully saturated rings. The fourth-order valence-electron chi connectivity index (χ4n) is 1.62. The second-order valence-corrected chi connectivity index (χ2v) is 5.92. The van der Waals surface area contributed by atoms with Crippen LogP contribution in [0.15, 0.2) is 0 Å². The van der Waals surface area contributed by atoms with E-state index in [2.05, 4.69) is 0 Å². The summed E-state index contributed by atoms with van der Waals surface area (Å²) in [7, 11) is 0. The van der Waals surface area contributed by atoms with Crippen molar-refractivity contribution in [3.63, 3.8) is 0 Å². The first-order valence-electron chi connectivity index (χ1n) is 7.28. The fraction of sp³-hybridized carbons (Fsp3) is 0.800. The van der Waals surface area contributed by atoms with E-state index >= 15 is 0 Å². The Balaban J connectivity index is 0. The van der Waals surface area contributed by atoms with Crippen molar-refractivity contribution in [1.29, 1.82) is 0 Å². The topological polar surface area (TPSA) is 134 Å². The number of rotatable bonds is 8.